The Morgan fingerprint density at radius 1 is 1.25 bits per heavy atom. The molecule has 88 valence electrons. The van der Waals surface area contributed by atoms with Crippen molar-refractivity contribution >= 4 is 35.1 Å². The summed E-state index contributed by atoms with van der Waals surface area (Å²) in [4.78, 5) is 14.6. The maximum Gasteiger partial charge on any atom is 0.253 e. The van der Waals surface area contributed by atoms with E-state index in [4.69, 9.17) is 34.7 Å². The molecule has 1 amide bonds. The van der Waals surface area contributed by atoms with Crippen molar-refractivity contribution in [1.29, 1.82) is 0 Å². The summed E-state index contributed by atoms with van der Waals surface area (Å²) >= 11 is 11.7. The number of halogens is 2. The van der Waals surface area contributed by atoms with Crippen molar-refractivity contribution in [2.45, 2.75) is 13.8 Å². The third-order valence-corrected chi connectivity index (χ3v) is 2.35. The highest BCUT2D eigenvalue weighted by Gasteiger charge is 2.09. The maximum absolute atomic E-state index is 11.3. The average Bonchev–Trinajstić information content (AvgIpc) is 2.10. The molecule has 0 unspecified atom stereocenters. The van der Waals surface area contributed by atoms with Gasteiger partial charge < -0.3 is 11.5 Å². The normalized spacial score (nSPS) is 9.12. The van der Waals surface area contributed by atoms with Crippen LogP contribution in [0.15, 0.2) is 23.2 Å². The van der Waals surface area contributed by atoms with E-state index in [-0.39, 0.29) is 19.8 Å². The molecule has 0 fully saturated rings. The summed E-state index contributed by atoms with van der Waals surface area (Å²) in [5.74, 6) is -0.756. The molecular formula is C10H13Cl2N3O. The van der Waals surface area contributed by atoms with Gasteiger partial charge in [-0.05, 0) is 17.7 Å². The first-order valence-electron chi connectivity index (χ1n) is 4.06. The van der Waals surface area contributed by atoms with Gasteiger partial charge in [-0.25, -0.2) is 0 Å². The molecule has 1 aromatic carbocycles. The van der Waals surface area contributed by atoms with Gasteiger partial charge in [0.2, 0.25) is 0 Å². The summed E-state index contributed by atoms with van der Waals surface area (Å²) in [6.07, 6.45) is -0.0175. The first kappa shape index (κ1) is 14.7. The van der Waals surface area contributed by atoms with Crippen LogP contribution in [0.1, 0.15) is 13.0 Å². The van der Waals surface area contributed by atoms with E-state index in [1.165, 1.54) is 0 Å². The number of nitrogens with two attached hydrogens (primary N) is 2. The van der Waals surface area contributed by atoms with E-state index in [9.17, 15) is 4.79 Å². The molecule has 0 aliphatic heterocycles. The largest absolute Gasteiger partial charge is 0.370 e. The summed E-state index contributed by atoms with van der Waals surface area (Å²) in [5, 5.41) is 0.836. The van der Waals surface area contributed by atoms with Crippen molar-refractivity contribution in [1.82, 2.24) is 0 Å². The van der Waals surface area contributed by atoms with Gasteiger partial charge in [0.15, 0.2) is 5.96 Å². The molecule has 6 heteroatoms. The van der Waals surface area contributed by atoms with E-state index >= 15 is 0 Å². The van der Waals surface area contributed by atoms with Crippen molar-refractivity contribution in [3.63, 3.8) is 0 Å². The molecule has 16 heavy (non-hydrogen) atoms. The number of carbonyl (C=O) groups excluding carboxylic acids is 1. The Labute approximate surface area is 104 Å². The van der Waals surface area contributed by atoms with Crippen LogP contribution in [0.25, 0.3) is 0 Å². The average molecular weight is 262 g/mol. The molecule has 0 saturated heterocycles. The SMILES string of the molecule is C.NC(N)=NC(=O)Cc1c(Cl)cccc1Cl. The Balaban J connectivity index is 0.00000225. The number of amides is 1. The fourth-order valence-corrected chi connectivity index (χ4v) is 1.57. The van der Waals surface area contributed by atoms with Gasteiger partial charge in [0.25, 0.3) is 5.91 Å². The number of nitrogens with zero attached hydrogens (tertiary/aromatic N) is 1. The van der Waals surface area contributed by atoms with E-state index in [0.717, 1.165) is 0 Å². The van der Waals surface area contributed by atoms with Crippen LogP contribution < -0.4 is 11.5 Å². The predicted molar refractivity (Wildman–Crippen MR) is 67.7 cm³/mol. The molecule has 0 aliphatic carbocycles. The summed E-state index contributed by atoms with van der Waals surface area (Å²) in [6, 6.07) is 4.98. The van der Waals surface area contributed by atoms with Crippen LogP contribution in [0.3, 0.4) is 0 Å². The minimum absolute atomic E-state index is 0. The number of guanidine groups is 1. The molecule has 1 aromatic rings. The zero-order valence-electron chi connectivity index (χ0n) is 7.71. The van der Waals surface area contributed by atoms with Crippen molar-refractivity contribution in [3.8, 4) is 0 Å². The van der Waals surface area contributed by atoms with Gasteiger partial charge in [-0.1, -0.05) is 36.7 Å². The van der Waals surface area contributed by atoms with Gasteiger partial charge in [-0.15, -0.1) is 0 Å². The van der Waals surface area contributed by atoms with Crippen LogP contribution in [0.5, 0.6) is 0 Å². The van der Waals surface area contributed by atoms with Gasteiger partial charge in [0.1, 0.15) is 0 Å². The molecule has 0 aliphatic rings. The predicted octanol–water partition coefficient (Wildman–Crippen LogP) is 1.97. The molecule has 4 N–H and O–H groups in total. The fourth-order valence-electron chi connectivity index (χ4n) is 1.04. The Morgan fingerprint density at radius 3 is 2.19 bits per heavy atom. The Kier molecular flexibility index (Phi) is 5.85. The lowest BCUT2D eigenvalue weighted by molar-refractivity contribution is -0.117. The van der Waals surface area contributed by atoms with Gasteiger partial charge in [0.05, 0.1) is 6.42 Å². The minimum atomic E-state index is -0.481. The Hall–Kier alpha value is -1.26. The molecule has 0 radical (unpaired) electrons. The molecule has 0 heterocycles. The minimum Gasteiger partial charge on any atom is -0.370 e. The lowest BCUT2D eigenvalue weighted by Crippen LogP contribution is -2.24. The fraction of sp³-hybridized carbons (Fsp3) is 0.200. The quantitative estimate of drug-likeness (QED) is 0.631. The van der Waals surface area contributed by atoms with E-state index < -0.39 is 5.91 Å². The number of carbonyl (C=O) groups is 1. The van der Waals surface area contributed by atoms with Gasteiger partial charge in [-0.3, -0.25) is 4.79 Å². The van der Waals surface area contributed by atoms with Crippen molar-refractivity contribution in [3.05, 3.63) is 33.8 Å². The van der Waals surface area contributed by atoms with Crippen molar-refractivity contribution in [2.75, 3.05) is 0 Å². The third kappa shape index (κ3) is 4.08. The number of rotatable bonds is 2. The van der Waals surface area contributed by atoms with E-state index in [1.807, 2.05) is 0 Å². The van der Waals surface area contributed by atoms with Crippen LogP contribution in [-0.4, -0.2) is 11.9 Å². The highest BCUT2D eigenvalue weighted by Crippen LogP contribution is 2.24. The lowest BCUT2D eigenvalue weighted by Gasteiger charge is -2.03. The molecule has 4 nitrogen and oxygen atoms in total. The van der Waals surface area contributed by atoms with E-state index in [2.05, 4.69) is 4.99 Å². The highest BCUT2D eigenvalue weighted by atomic mass is 35.5. The Morgan fingerprint density at radius 2 is 1.75 bits per heavy atom. The molecule has 0 bridgehead atoms. The molecule has 0 spiro atoms. The van der Waals surface area contributed by atoms with Gasteiger partial charge in [0, 0.05) is 10.0 Å². The number of hydrogen-bond donors (Lipinski definition) is 2. The Bertz CT molecular complexity index is 394. The van der Waals surface area contributed by atoms with Crippen molar-refractivity contribution < 1.29 is 4.79 Å². The topological polar surface area (TPSA) is 81.5 Å². The summed E-state index contributed by atoms with van der Waals surface area (Å²) in [7, 11) is 0. The van der Waals surface area contributed by atoms with E-state index in [1.54, 1.807) is 18.2 Å². The third-order valence-electron chi connectivity index (χ3n) is 1.64. The maximum atomic E-state index is 11.3. The molecule has 0 atom stereocenters. The van der Waals surface area contributed by atoms with E-state index in [0.29, 0.717) is 15.6 Å². The molecule has 1 rings (SSSR count). The zero-order valence-corrected chi connectivity index (χ0v) is 9.22. The first-order chi connectivity index (χ1) is 7.00. The first-order valence-corrected chi connectivity index (χ1v) is 4.81. The second kappa shape index (κ2) is 6.35. The lowest BCUT2D eigenvalue weighted by atomic mass is 10.1. The highest BCUT2D eigenvalue weighted by molar-refractivity contribution is 6.36. The molecule has 0 aromatic heterocycles. The smallest absolute Gasteiger partial charge is 0.253 e. The van der Waals surface area contributed by atoms with Gasteiger partial charge in [-0.2, -0.15) is 4.99 Å². The molecular weight excluding hydrogens is 249 g/mol. The van der Waals surface area contributed by atoms with Crippen LogP contribution in [-0.2, 0) is 11.2 Å². The molecule has 0 saturated carbocycles. The monoisotopic (exact) mass is 261 g/mol. The summed E-state index contributed by atoms with van der Waals surface area (Å²) in [5.41, 5.74) is 10.7. The van der Waals surface area contributed by atoms with Crippen LogP contribution in [0.4, 0.5) is 0 Å². The van der Waals surface area contributed by atoms with Crippen LogP contribution >= 0.6 is 23.2 Å². The number of hydrogen-bond acceptors (Lipinski definition) is 1. The van der Waals surface area contributed by atoms with Gasteiger partial charge >= 0.3 is 0 Å². The summed E-state index contributed by atoms with van der Waals surface area (Å²) < 4.78 is 0. The van der Waals surface area contributed by atoms with Crippen LogP contribution in [0.2, 0.25) is 10.0 Å². The number of benzene rings is 1. The summed E-state index contributed by atoms with van der Waals surface area (Å²) in [6.45, 7) is 0. The van der Waals surface area contributed by atoms with Crippen molar-refractivity contribution in [2.24, 2.45) is 16.5 Å². The zero-order chi connectivity index (χ0) is 11.4. The second-order valence-corrected chi connectivity index (χ2v) is 3.62. The van der Waals surface area contributed by atoms with Crippen LogP contribution in [0, 0.1) is 0 Å². The standard InChI is InChI=1S/C9H9Cl2N3O.CH4/c10-6-2-1-3-7(11)5(6)4-8(15)14-9(12)13;/h1-3H,4H2,(H4,12,13,14,15);1H4. The number of aliphatic imine (C=N–C) groups is 1. The second-order valence-electron chi connectivity index (χ2n) is 2.81.